The molecule has 164 valence electrons. The first kappa shape index (κ1) is 23.8. The molecule has 1 N–H and O–H groups in total. The highest BCUT2D eigenvalue weighted by atomic mass is 35.5. The summed E-state index contributed by atoms with van der Waals surface area (Å²) < 4.78 is 45.5. The van der Waals surface area contributed by atoms with E-state index in [1.807, 2.05) is 18.5 Å². The van der Waals surface area contributed by atoms with Crippen LogP contribution in [0, 0.1) is 19.8 Å². The summed E-state index contributed by atoms with van der Waals surface area (Å²) in [7, 11) is 1.83. The Morgan fingerprint density at radius 2 is 1.83 bits per heavy atom. The number of nitrogens with zero attached hydrogens (tertiary/aromatic N) is 1. The third kappa shape index (κ3) is 5.36. The number of aryl methyl sites for hydroxylation is 1. The molecule has 9 heteroatoms. The Morgan fingerprint density at radius 3 is 2.30 bits per heavy atom. The van der Waals surface area contributed by atoms with Gasteiger partial charge in [-0.25, -0.2) is 4.79 Å². The van der Waals surface area contributed by atoms with Gasteiger partial charge in [0.25, 0.3) is 0 Å². The fraction of sp³-hybridized carbons (Fsp3) is 0.429. The van der Waals surface area contributed by atoms with Crippen molar-refractivity contribution in [3.63, 3.8) is 0 Å². The first-order valence-electron chi connectivity index (χ1n) is 9.29. The topological polar surface area (TPSA) is 60.3 Å². The second kappa shape index (κ2) is 9.12. The standard InChI is InChI=1S/C21H24ClF3N2O3/c1-11(2)19(26-17-7-6-14(9-16(17)22)21(23,24)25)20(29)30-10-18(28)15-8-12(3)27(5)13(15)4/h6-9,11,19,26H,10H2,1-5H3/t19-/m0/s1. The number of benzene rings is 1. The Labute approximate surface area is 178 Å². The van der Waals surface area contributed by atoms with E-state index in [1.165, 1.54) is 0 Å². The van der Waals surface area contributed by atoms with Crippen molar-refractivity contribution in [2.24, 2.45) is 13.0 Å². The third-order valence-corrected chi connectivity index (χ3v) is 5.26. The maximum absolute atomic E-state index is 12.8. The summed E-state index contributed by atoms with van der Waals surface area (Å²) >= 11 is 5.96. The maximum atomic E-state index is 12.8. The molecule has 0 radical (unpaired) electrons. The minimum atomic E-state index is -4.52. The summed E-state index contributed by atoms with van der Waals surface area (Å²) in [6, 6.07) is 3.66. The molecule has 0 aliphatic carbocycles. The first-order valence-corrected chi connectivity index (χ1v) is 9.66. The number of rotatable bonds is 7. The summed E-state index contributed by atoms with van der Waals surface area (Å²) in [6.45, 7) is 6.71. The van der Waals surface area contributed by atoms with Crippen LogP contribution in [-0.4, -0.2) is 29.0 Å². The van der Waals surface area contributed by atoms with Gasteiger partial charge in [0, 0.05) is 24.0 Å². The SMILES string of the molecule is Cc1cc(C(=O)COC(=O)[C@@H](Nc2ccc(C(F)(F)F)cc2Cl)C(C)C)c(C)n1C. The molecule has 2 aromatic rings. The van der Waals surface area contributed by atoms with E-state index in [0.717, 1.165) is 29.6 Å². The van der Waals surface area contributed by atoms with Crippen LogP contribution in [0.15, 0.2) is 24.3 Å². The lowest BCUT2D eigenvalue weighted by Crippen LogP contribution is -2.37. The molecular formula is C21H24ClF3N2O3. The molecule has 0 aliphatic rings. The van der Waals surface area contributed by atoms with E-state index in [-0.39, 0.29) is 22.4 Å². The van der Waals surface area contributed by atoms with Gasteiger partial charge in [-0.2, -0.15) is 13.2 Å². The highest BCUT2D eigenvalue weighted by Gasteiger charge is 2.32. The molecule has 0 spiro atoms. The molecule has 0 amide bonds. The number of alkyl halides is 3. The summed E-state index contributed by atoms with van der Waals surface area (Å²) in [6.07, 6.45) is -4.52. The van der Waals surface area contributed by atoms with Crippen LogP contribution < -0.4 is 5.32 Å². The first-order chi connectivity index (χ1) is 13.8. The van der Waals surface area contributed by atoms with Crippen LogP contribution in [0.5, 0.6) is 0 Å². The Kier molecular flexibility index (Phi) is 7.23. The van der Waals surface area contributed by atoms with Crippen LogP contribution in [0.4, 0.5) is 18.9 Å². The van der Waals surface area contributed by atoms with E-state index in [9.17, 15) is 22.8 Å². The van der Waals surface area contributed by atoms with E-state index < -0.39 is 30.4 Å². The van der Waals surface area contributed by atoms with Crippen LogP contribution in [0.1, 0.15) is 41.2 Å². The van der Waals surface area contributed by atoms with Crippen molar-refractivity contribution in [2.75, 3.05) is 11.9 Å². The number of carbonyl (C=O) groups is 2. The number of carbonyl (C=O) groups excluding carboxylic acids is 2. The van der Waals surface area contributed by atoms with Crippen LogP contribution in [0.3, 0.4) is 0 Å². The number of nitrogens with one attached hydrogen (secondary N) is 1. The number of halogens is 4. The fourth-order valence-corrected chi connectivity index (χ4v) is 3.15. The summed E-state index contributed by atoms with van der Waals surface area (Å²) in [5.74, 6) is -1.30. The van der Waals surface area contributed by atoms with Gasteiger partial charge in [0.15, 0.2) is 6.61 Å². The Morgan fingerprint density at radius 1 is 1.20 bits per heavy atom. The van der Waals surface area contributed by atoms with Gasteiger partial charge in [0.1, 0.15) is 6.04 Å². The molecule has 2 rings (SSSR count). The van der Waals surface area contributed by atoms with Crippen molar-refractivity contribution in [1.29, 1.82) is 0 Å². The van der Waals surface area contributed by atoms with Crippen molar-refractivity contribution in [3.05, 3.63) is 51.8 Å². The van der Waals surface area contributed by atoms with Crippen molar-refractivity contribution in [3.8, 4) is 0 Å². The average molecular weight is 445 g/mol. The molecule has 0 fully saturated rings. The van der Waals surface area contributed by atoms with Gasteiger partial charge in [-0.3, -0.25) is 4.79 Å². The van der Waals surface area contributed by atoms with Crippen LogP contribution in [-0.2, 0) is 22.8 Å². The van der Waals surface area contributed by atoms with Crippen molar-refractivity contribution < 1.29 is 27.5 Å². The average Bonchev–Trinajstić information content (AvgIpc) is 2.91. The lowest BCUT2D eigenvalue weighted by atomic mass is 10.0. The quantitative estimate of drug-likeness (QED) is 0.472. The number of esters is 1. The van der Waals surface area contributed by atoms with Crippen molar-refractivity contribution >= 4 is 29.0 Å². The Bertz CT molecular complexity index is 952. The van der Waals surface area contributed by atoms with Gasteiger partial charge >= 0.3 is 12.1 Å². The molecule has 0 saturated carbocycles. The number of ether oxygens (including phenoxy) is 1. The van der Waals surface area contributed by atoms with Crippen LogP contribution in [0.25, 0.3) is 0 Å². The normalized spacial score (nSPS) is 12.7. The zero-order valence-electron chi connectivity index (χ0n) is 17.4. The zero-order chi connectivity index (χ0) is 22.8. The number of ketones is 1. The molecule has 1 aromatic carbocycles. The highest BCUT2D eigenvalue weighted by molar-refractivity contribution is 6.33. The number of hydrogen-bond acceptors (Lipinski definition) is 4. The lowest BCUT2D eigenvalue weighted by Gasteiger charge is -2.22. The van der Waals surface area contributed by atoms with Crippen LogP contribution in [0.2, 0.25) is 5.02 Å². The monoisotopic (exact) mass is 444 g/mol. The van der Waals surface area contributed by atoms with E-state index in [0.29, 0.717) is 5.56 Å². The number of aromatic nitrogens is 1. The van der Waals surface area contributed by atoms with Gasteiger partial charge in [0.05, 0.1) is 16.3 Å². The van der Waals surface area contributed by atoms with E-state index >= 15 is 0 Å². The molecule has 0 saturated heterocycles. The van der Waals surface area contributed by atoms with E-state index in [4.69, 9.17) is 16.3 Å². The van der Waals surface area contributed by atoms with Crippen molar-refractivity contribution in [2.45, 2.75) is 39.9 Å². The second-order valence-corrected chi connectivity index (χ2v) is 7.84. The van der Waals surface area contributed by atoms with Gasteiger partial charge in [0.2, 0.25) is 5.78 Å². The van der Waals surface area contributed by atoms with Gasteiger partial charge in [-0.1, -0.05) is 25.4 Å². The number of Topliss-reactive ketones (excluding diaryl/α,β-unsaturated/α-hetero) is 1. The maximum Gasteiger partial charge on any atom is 0.416 e. The predicted molar refractivity (Wildman–Crippen MR) is 109 cm³/mol. The smallest absolute Gasteiger partial charge is 0.416 e. The van der Waals surface area contributed by atoms with E-state index in [2.05, 4.69) is 5.32 Å². The molecule has 5 nitrogen and oxygen atoms in total. The minimum absolute atomic E-state index is 0.168. The van der Waals surface area contributed by atoms with E-state index in [1.54, 1.807) is 26.8 Å². The summed E-state index contributed by atoms with van der Waals surface area (Å²) in [5.41, 5.74) is 1.43. The lowest BCUT2D eigenvalue weighted by molar-refractivity contribution is -0.144. The summed E-state index contributed by atoms with van der Waals surface area (Å²) in [4.78, 5) is 25.0. The number of anilines is 1. The van der Waals surface area contributed by atoms with Gasteiger partial charge < -0.3 is 14.6 Å². The summed E-state index contributed by atoms with van der Waals surface area (Å²) in [5, 5.41) is 2.65. The predicted octanol–water partition coefficient (Wildman–Crippen LogP) is 5.18. The highest BCUT2D eigenvalue weighted by Crippen LogP contribution is 2.34. The molecule has 1 heterocycles. The molecule has 30 heavy (non-hydrogen) atoms. The largest absolute Gasteiger partial charge is 0.456 e. The molecule has 0 unspecified atom stereocenters. The molecule has 1 aromatic heterocycles. The molecular weight excluding hydrogens is 421 g/mol. The zero-order valence-corrected chi connectivity index (χ0v) is 18.1. The molecule has 1 atom stereocenters. The van der Waals surface area contributed by atoms with Crippen molar-refractivity contribution in [1.82, 2.24) is 4.57 Å². The second-order valence-electron chi connectivity index (χ2n) is 7.43. The molecule has 0 aliphatic heterocycles. The molecule has 0 bridgehead atoms. The fourth-order valence-electron chi connectivity index (χ4n) is 2.92. The number of hydrogen-bond donors (Lipinski definition) is 1. The Hall–Kier alpha value is -2.48. The van der Waals surface area contributed by atoms with Gasteiger partial charge in [-0.15, -0.1) is 0 Å². The Balaban J connectivity index is 2.10. The van der Waals surface area contributed by atoms with Gasteiger partial charge in [-0.05, 0) is 44.0 Å². The minimum Gasteiger partial charge on any atom is -0.456 e. The van der Waals surface area contributed by atoms with Crippen LogP contribution >= 0.6 is 11.6 Å². The third-order valence-electron chi connectivity index (χ3n) is 4.95.